The largest absolute Gasteiger partial charge is 0.495 e. The van der Waals surface area contributed by atoms with Crippen molar-refractivity contribution in [3.63, 3.8) is 0 Å². The number of halogens is 1. The lowest BCUT2D eigenvalue weighted by Crippen LogP contribution is -2.13. The molecule has 0 aliphatic rings. The van der Waals surface area contributed by atoms with E-state index in [1.807, 2.05) is 0 Å². The number of rotatable bonds is 7. The Bertz CT molecular complexity index is 559. The van der Waals surface area contributed by atoms with Crippen LogP contribution in [0, 0.1) is 0 Å². The summed E-state index contributed by atoms with van der Waals surface area (Å²) in [5.41, 5.74) is 0.678. The summed E-state index contributed by atoms with van der Waals surface area (Å²) < 4.78 is 10.7. The van der Waals surface area contributed by atoms with E-state index in [-0.39, 0.29) is 0 Å². The van der Waals surface area contributed by atoms with Crippen LogP contribution in [0.3, 0.4) is 0 Å². The van der Waals surface area contributed by atoms with Crippen molar-refractivity contribution < 1.29 is 9.15 Å². The number of hydrogen-bond acceptors (Lipinski definition) is 6. The maximum atomic E-state index is 5.96. The minimum absolute atomic E-state index is 0.305. The molecule has 0 unspecified atom stereocenters. The van der Waals surface area contributed by atoms with Crippen LogP contribution in [0.15, 0.2) is 22.6 Å². The quantitative estimate of drug-likeness (QED) is 0.765. The molecule has 1 aromatic carbocycles. The first-order valence-electron chi connectivity index (χ1n) is 6.36. The van der Waals surface area contributed by atoms with Crippen molar-refractivity contribution in [1.82, 2.24) is 15.5 Å². The Balaban J connectivity index is 2.04. The third-order valence-corrected chi connectivity index (χ3v) is 2.81. The Kier molecular flexibility index (Phi) is 5.20. The zero-order valence-corrected chi connectivity index (χ0v) is 12.2. The molecular weight excluding hydrogens is 280 g/mol. The number of hydrogen-bond donors (Lipinski definition) is 2. The lowest BCUT2D eigenvalue weighted by molar-refractivity contribution is 0.416. The van der Waals surface area contributed by atoms with Crippen molar-refractivity contribution >= 4 is 23.3 Å². The van der Waals surface area contributed by atoms with E-state index in [9.17, 15) is 0 Å². The van der Waals surface area contributed by atoms with Crippen LogP contribution in [0.1, 0.15) is 19.2 Å². The van der Waals surface area contributed by atoms with E-state index in [1.165, 1.54) is 0 Å². The molecule has 0 saturated carbocycles. The summed E-state index contributed by atoms with van der Waals surface area (Å²) >= 11 is 5.96. The summed E-state index contributed by atoms with van der Waals surface area (Å²) in [7, 11) is 1.59. The molecule has 0 aliphatic carbocycles. The van der Waals surface area contributed by atoms with Gasteiger partial charge in [0.2, 0.25) is 5.89 Å². The van der Waals surface area contributed by atoms with E-state index < -0.39 is 0 Å². The molecular formula is C13H17ClN4O2. The second kappa shape index (κ2) is 7.12. The van der Waals surface area contributed by atoms with Gasteiger partial charge in [-0.05, 0) is 31.2 Å². The van der Waals surface area contributed by atoms with Gasteiger partial charge in [0.25, 0.3) is 0 Å². The fraction of sp³-hybridized carbons (Fsp3) is 0.385. The molecule has 1 heterocycles. The summed E-state index contributed by atoms with van der Waals surface area (Å²) in [5.74, 6) is 1.18. The molecule has 0 radical (unpaired) electrons. The molecule has 0 saturated heterocycles. The minimum atomic E-state index is 0.305. The summed E-state index contributed by atoms with van der Waals surface area (Å²) in [5, 5.41) is 14.7. The molecule has 0 atom stereocenters. The van der Waals surface area contributed by atoms with Crippen molar-refractivity contribution in [3.8, 4) is 5.75 Å². The summed E-state index contributed by atoms with van der Waals surface area (Å²) in [6, 6.07) is 5.56. The molecule has 0 bridgehead atoms. The topological polar surface area (TPSA) is 72.2 Å². The van der Waals surface area contributed by atoms with Crippen LogP contribution in [0.25, 0.3) is 0 Å². The molecule has 6 nitrogen and oxygen atoms in total. The van der Waals surface area contributed by atoms with Gasteiger partial charge >= 0.3 is 6.01 Å². The number of ether oxygens (including phenoxy) is 1. The first-order valence-corrected chi connectivity index (χ1v) is 6.74. The van der Waals surface area contributed by atoms with Crippen LogP contribution in [-0.2, 0) is 6.54 Å². The van der Waals surface area contributed by atoms with Crippen LogP contribution in [0.2, 0.25) is 5.02 Å². The van der Waals surface area contributed by atoms with Crippen molar-refractivity contribution in [2.75, 3.05) is 19.0 Å². The van der Waals surface area contributed by atoms with Gasteiger partial charge in [-0.15, -0.1) is 5.10 Å². The van der Waals surface area contributed by atoms with E-state index in [2.05, 4.69) is 27.8 Å². The monoisotopic (exact) mass is 296 g/mol. The van der Waals surface area contributed by atoms with Crippen molar-refractivity contribution in [2.45, 2.75) is 19.9 Å². The van der Waals surface area contributed by atoms with E-state index >= 15 is 0 Å². The van der Waals surface area contributed by atoms with Gasteiger partial charge in [0.1, 0.15) is 5.75 Å². The highest BCUT2D eigenvalue weighted by molar-refractivity contribution is 6.30. The fourth-order valence-corrected chi connectivity index (χ4v) is 1.81. The van der Waals surface area contributed by atoms with Crippen molar-refractivity contribution in [1.29, 1.82) is 0 Å². The number of benzene rings is 1. The van der Waals surface area contributed by atoms with Crippen LogP contribution < -0.4 is 15.4 Å². The van der Waals surface area contributed by atoms with Crippen LogP contribution in [-0.4, -0.2) is 23.9 Å². The predicted octanol–water partition coefficient (Wildman–Crippen LogP) is 2.97. The highest BCUT2D eigenvalue weighted by atomic mass is 35.5. The van der Waals surface area contributed by atoms with E-state index in [4.69, 9.17) is 20.8 Å². The average molecular weight is 297 g/mol. The SMILES string of the molecule is CCCNCc1nnc(Nc2cc(Cl)ccc2OC)o1. The van der Waals surface area contributed by atoms with Crippen molar-refractivity contribution in [2.24, 2.45) is 0 Å². The van der Waals surface area contributed by atoms with E-state index in [0.717, 1.165) is 13.0 Å². The maximum Gasteiger partial charge on any atom is 0.320 e. The summed E-state index contributed by atoms with van der Waals surface area (Å²) in [4.78, 5) is 0. The molecule has 0 amide bonds. The predicted molar refractivity (Wildman–Crippen MR) is 77.6 cm³/mol. The molecule has 7 heteroatoms. The lowest BCUT2D eigenvalue weighted by atomic mass is 10.3. The summed E-state index contributed by atoms with van der Waals surface area (Å²) in [6.07, 6.45) is 1.05. The fourth-order valence-electron chi connectivity index (χ4n) is 1.64. The number of nitrogens with zero attached hydrogens (tertiary/aromatic N) is 2. The van der Waals surface area contributed by atoms with Gasteiger partial charge in [0, 0.05) is 5.02 Å². The Hall–Kier alpha value is -1.79. The molecule has 0 aliphatic heterocycles. The van der Waals surface area contributed by atoms with Crippen LogP contribution in [0.5, 0.6) is 5.75 Å². The smallest absolute Gasteiger partial charge is 0.320 e. The van der Waals surface area contributed by atoms with E-state index in [1.54, 1.807) is 25.3 Å². The van der Waals surface area contributed by atoms with Gasteiger partial charge in [-0.2, -0.15) is 0 Å². The molecule has 2 aromatic rings. The van der Waals surface area contributed by atoms with Gasteiger partial charge in [0.05, 0.1) is 19.3 Å². The Labute approximate surface area is 122 Å². The second-order valence-corrected chi connectivity index (χ2v) is 4.58. The number of nitrogens with one attached hydrogen (secondary N) is 2. The molecule has 2 N–H and O–H groups in total. The molecule has 1 aromatic heterocycles. The van der Waals surface area contributed by atoms with E-state index in [0.29, 0.717) is 34.9 Å². The van der Waals surface area contributed by atoms with Crippen LogP contribution >= 0.6 is 11.6 Å². The zero-order valence-electron chi connectivity index (χ0n) is 11.4. The number of methoxy groups -OCH3 is 1. The first-order chi connectivity index (χ1) is 9.72. The Morgan fingerprint density at radius 1 is 1.35 bits per heavy atom. The minimum Gasteiger partial charge on any atom is -0.495 e. The molecule has 0 spiro atoms. The van der Waals surface area contributed by atoms with Crippen LogP contribution in [0.4, 0.5) is 11.7 Å². The highest BCUT2D eigenvalue weighted by Gasteiger charge is 2.09. The van der Waals surface area contributed by atoms with Gasteiger partial charge in [-0.1, -0.05) is 23.6 Å². The molecule has 20 heavy (non-hydrogen) atoms. The number of aromatic nitrogens is 2. The van der Waals surface area contributed by atoms with Crippen molar-refractivity contribution in [3.05, 3.63) is 29.1 Å². The first kappa shape index (κ1) is 14.6. The standard InChI is InChI=1S/C13H17ClN4O2/c1-3-6-15-8-12-17-18-13(20-12)16-10-7-9(14)4-5-11(10)19-2/h4-5,7,15H,3,6,8H2,1-2H3,(H,16,18). The van der Waals surface area contributed by atoms with Gasteiger partial charge in [0.15, 0.2) is 0 Å². The average Bonchev–Trinajstić information content (AvgIpc) is 2.87. The third kappa shape index (κ3) is 3.85. The zero-order chi connectivity index (χ0) is 14.4. The third-order valence-electron chi connectivity index (χ3n) is 2.57. The lowest BCUT2D eigenvalue weighted by Gasteiger charge is -2.08. The Morgan fingerprint density at radius 2 is 2.20 bits per heavy atom. The highest BCUT2D eigenvalue weighted by Crippen LogP contribution is 2.29. The Morgan fingerprint density at radius 3 is 2.95 bits per heavy atom. The molecule has 2 rings (SSSR count). The normalized spacial score (nSPS) is 10.6. The van der Waals surface area contributed by atoms with Gasteiger partial charge in [-0.3, -0.25) is 0 Å². The number of anilines is 2. The second-order valence-electron chi connectivity index (χ2n) is 4.15. The molecule has 0 fully saturated rings. The van der Waals surface area contributed by atoms with Gasteiger partial charge < -0.3 is 19.8 Å². The van der Waals surface area contributed by atoms with Gasteiger partial charge in [-0.25, -0.2) is 0 Å². The summed E-state index contributed by atoms with van der Waals surface area (Å²) in [6.45, 7) is 3.56. The molecule has 108 valence electrons. The maximum absolute atomic E-state index is 5.96.